The second-order valence-electron chi connectivity index (χ2n) is 9.76. The van der Waals surface area contributed by atoms with E-state index in [9.17, 15) is 14.4 Å². The average Bonchev–Trinajstić information content (AvgIpc) is 3.19. The van der Waals surface area contributed by atoms with Crippen LogP contribution in [0.5, 0.6) is 0 Å². The number of imide groups is 1. The van der Waals surface area contributed by atoms with E-state index in [1.54, 1.807) is 24.3 Å². The molecule has 1 saturated heterocycles. The van der Waals surface area contributed by atoms with E-state index in [0.717, 1.165) is 39.0 Å². The zero-order valence-electron chi connectivity index (χ0n) is 21.1. The summed E-state index contributed by atoms with van der Waals surface area (Å²) in [6, 6.07) is 28.3. The number of hydrogen-bond donors (Lipinski definition) is 0. The molecule has 0 unspecified atom stereocenters. The van der Waals surface area contributed by atoms with Crippen LogP contribution in [0.25, 0.3) is 0 Å². The molecule has 1 fully saturated rings. The Morgan fingerprint density at radius 2 is 1.16 bits per heavy atom. The molecule has 6 heteroatoms. The molecular formula is C31H33N3O3. The van der Waals surface area contributed by atoms with Gasteiger partial charge in [0.05, 0.1) is 17.2 Å². The molecule has 3 aromatic rings. The number of unbranched alkanes of at least 4 members (excludes halogenated alkanes) is 2. The Hall–Kier alpha value is -3.77. The molecule has 2 aliphatic heterocycles. The Bertz CT molecular complexity index is 1160. The number of nitrogens with zero attached hydrogens (tertiary/aromatic N) is 3. The summed E-state index contributed by atoms with van der Waals surface area (Å²) in [7, 11) is 0. The highest BCUT2D eigenvalue weighted by Crippen LogP contribution is 2.29. The van der Waals surface area contributed by atoms with Crippen LogP contribution in [0.4, 0.5) is 0 Å². The third-order valence-electron chi connectivity index (χ3n) is 7.41. The molecular weight excluding hydrogens is 462 g/mol. The number of amides is 3. The summed E-state index contributed by atoms with van der Waals surface area (Å²) in [5.74, 6) is -0.228. The van der Waals surface area contributed by atoms with Gasteiger partial charge in [0.25, 0.3) is 11.8 Å². The van der Waals surface area contributed by atoms with Crippen LogP contribution in [-0.2, 0) is 4.79 Å². The Balaban J connectivity index is 1.07. The summed E-state index contributed by atoms with van der Waals surface area (Å²) in [6.45, 7) is 3.52. The maximum Gasteiger partial charge on any atom is 0.261 e. The fraction of sp³-hybridized carbons (Fsp3) is 0.323. The second-order valence-corrected chi connectivity index (χ2v) is 9.76. The van der Waals surface area contributed by atoms with E-state index < -0.39 is 0 Å². The predicted molar refractivity (Wildman–Crippen MR) is 143 cm³/mol. The van der Waals surface area contributed by atoms with Crippen molar-refractivity contribution in [2.24, 2.45) is 0 Å². The molecule has 190 valence electrons. The monoisotopic (exact) mass is 495 g/mol. The lowest BCUT2D eigenvalue weighted by Crippen LogP contribution is -2.49. The number of piperazine rings is 1. The van der Waals surface area contributed by atoms with Gasteiger partial charge in [-0.2, -0.15) is 0 Å². The zero-order valence-corrected chi connectivity index (χ0v) is 21.1. The van der Waals surface area contributed by atoms with Gasteiger partial charge in [-0.1, -0.05) is 79.2 Å². The third kappa shape index (κ3) is 5.49. The molecule has 0 aliphatic carbocycles. The van der Waals surface area contributed by atoms with E-state index in [1.807, 2.05) is 17.0 Å². The Labute approximate surface area is 218 Å². The lowest BCUT2D eigenvalue weighted by atomic mass is 9.96. The van der Waals surface area contributed by atoms with E-state index in [-0.39, 0.29) is 23.8 Å². The zero-order chi connectivity index (χ0) is 25.6. The van der Waals surface area contributed by atoms with Crippen molar-refractivity contribution < 1.29 is 14.4 Å². The number of hydrogen-bond acceptors (Lipinski definition) is 4. The molecule has 2 aliphatic rings. The average molecular weight is 496 g/mol. The summed E-state index contributed by atoms with van der Waals surface area (Å²) in [5, 5.41) is 0. The van der Waals surface area contributed by atoms with Gasteiger partial charge in [-0.05, 0) is 36.1 Å². The van der Waals surface area contributed by atoms with Crippen LogP contribution < -0.4 is 0 Å². The van der Waals surface area contributed by atoms with E-state index in [2.05, 4.69) is 53.4 Å². The third-order valence-corrected chi connectivity index (χ3v) is 7.41. The molecule has 2 heterocycles. The van der Waals surface area contributed by atoms with Gasteiger partial charge >= 0.3 is 0 Å². The van der Waals surface area contributed by atoms with Crippen LogP contribution in [0, 0.1) is 0 Å². The van der Waals surface area contributed by atoms with Gasteiger partial charge in [0, 0.05) is 39.1 Å². The highest BCUT2D eigenvalue weighted by atomic mass is 16.2. The largest absolute Gasteiger partial charge is 0.340 e. The quantitative estimate of drug-likeness (QED) is 0.317. The fourth-order valence-electron chi connectivity index (χ4n) is 5.44. The summed E-state index contributed by atoms with van der Waals surface area (Å²) in [4.78, 5) is 43.6. The van der Waals surface area contributed by atoms with E-state index in [1.165, 1.54) is 16.0 Å². The minimum absolute atomic E-state index is 0.182. The van der Waals surface area contributed by atoms with Gasteiger partial charge in [0.2, 0.25) is 5.91 Å². The molecule has 3 amide bonds. The van der Waals surface area contributed by atoms with Crippen molar-refractivity contribution in [3.63, 3.8) is 0 Å². The minimum atomic E-state index is -0.209. The van der Waals surface area contributed by atoms with Crippen LogP contribution in [0.2, 0.25) is 0 Å². The van der Waals surface area contributed by atoms with Gasteiger partial charge in [0.1, 0.15) is 0 Å². The van der Waals surface area contributed by atoms with Gasteiger partial charge in [0.15, 0.2) is 0 Å². The summed E-state index contributed by atoms with van der Waals surface area (Å²) < 4.78 is 0. The Morgan fingerprint density at radius 3 is 1.70 bits per heavy atom. The molecule has 6 nitrogen and oxygen atoms in total. The number of carbonyl (C=O) groups excluding carboxylic acids is 3. The lowest BCUT2D eigenvalue weighted by molar-refractivity contribution is -0.133. The van der Waals surface area contributed by atoms with Crippen LogP contribution in [-0.4, -0.2) is 65.1 Å². The predicted octanol–water partition coefficient (Wildman–Crippen LogP) is 4.78. The van der Waals surface area contributed by atoms with Crippen LogP contribution in [0.15, 0.2) is 84.9 Å². The van der Waals surface area contributed by atoms with E-state index in [4.69, 9.17) is 0 Å². The first-order valence-corrected chi connectivity index (χ1v) is 13.2. The van der Waals surface area contributed by atoms with Gasteiger partial charge < -0.3 is 4.90 Å². The topological polar surface area (TPSA) is 60.9 Å². The van der Waals surface area contributed by atoms with Gasteiger partial charge in [-0.15, -0.1) is 0 Å². The Morgan fingerprint density at radius 1 is 0.649 bits per heavy atom. The summed E-state index contributed by atoms with van der Waals surface area (Å²) in [5.41, 5.74) is 3.52. The number of rotatable bonds is 9. The maximum atomic E-state index is 12.9. The number of benzene rings is 3. The van der Waals surface area contributed by atoms with Crippen LogP contribution >= 0.6 is 0 Å². The highest BCUT2D eigenvalue weighted by molar-refractivity contribution is 6.21. The van der Waals surface area contributed by atoms with Crippen LogP contribution in [0.1, 0.15) is 63.6 Å². The van der Waals surface area contributed by atoms with E-state index >= 15 is 0 Å². The summed E-state index contributed by atoms with van der Waals surface area (Å²) >= 11 is 0. The van der Waals surface area contributed by atoms with Crippen molar-refractivity contribution in [3.05, 3.63) is 107 Å². The first-order chi connectivity index (χ1) is 18.1. The Kier molecular flexibility index (Phi) is 7.76. The van der Waals surface area contributed by atoms with Crippen molar-refractivity contribution in [1.82, 2.24) is 14.7 Å². The molecule has 0 N–H and O–H groups in total. The number of fused-ring (bicyclic) bond motifs is 1. The minimum Gasteiger partial charge on any atom is -0.340 e. The van der Waals surface area contributed by atoms with Crippen molar-refractivity contribution >= 4 is 17.7 Å². The normalized spacial score (nSPS) is 15.9. The SMILES string of the molecule is O=C(CCCCCN1C(=O)c2ccccc2C1=O)N1CCN(C(c2ccccc2)c2ccccc2)CC1. The molecule has 0 aromatic heterocycles. The molecule has 5 rings (SSSR count). The van der Waals surface area contributed by atoms with Gasteiger partial charge in [-0.3, -0.25) is 24.2 Å². The smallest absolute Gasteiger partial charge is 0.261 e. The van der Waals surface area contributed by atoms with Crippen LogP contribution in [0.3, 0.4) is 0 Å². The molecule has 0 bridgehead atoms. The fourth-order valence-corrected chi connectivity index (χ4v) is 5.44. The van der Waals surface area contributed by atoms with Crippen molar-refractivity contribution in [2.45, 2.75) is 31.7 Å². The highest BCUT2D eigenvalue weighted by Gasteiger charge is 2.34. The van der Waals surface area contributed by atoms with Crippen molar-refractivity contribution in [1.29, 1.82) is 0 Å². The van der Waals surface area contributed by atoms with Crippen molar-refractivity contribution in [2.75, 3.05) is 32.7 Å². The summed E-state index contributed by atoms with van der Waals surface area (Å²) in [6.07, 6.45) is 2.79. The molecule has 0 spiro atoms. The number of carbonyl (C=O) groups is 3. The molecule has 0 atom stereocenters. The lowest BCUT2D eigenvalue weighted by Gasteiger charge is -2.40. The second kappa shape index (κ2) is 11.5. The van der Waals surface area contributed by atoms with E-state index in [0.29, 0.717) is 30.5 Å². The molecule has 3 aromatic carbocycles. The standard InChI is InChI=1S/C31H33N3O3/c35-28(18-8-3-11-19-34-30(36)26-16-9-10-17-27(26)31(34)37)32-20-22-33(23-21-32)29(24-12-4-1-5-13-24)25-14-6-2-7-15-25/h1-2,4-7,9-10,12-17,29H,3,8,11,18-23H2. The molecule has 0 radical (unpaired) electrons. The van der Waals surface area contributed by atoms with Crippen molar-refractivity contribution in [3.8, 4) is 0 Å². The first-order valence-electron chi connectivity index (χ1n) is 13.2. The van der Waals surface area contributed by atoms with Gasteiger partial charge in [-0.25, -0.2) is 0 Å². The first kappa shape index (κ1) is 24.9. The molecule has 37 heavy (non-hydrogen) atoms. The maximum absolute atomic E-state index is 12.9. The molecule has 0 saturated carbocycles.